The van der Waals surface area contributed by atoms with Gasteiger partial charge in [-0.05, 0) is 44.4 Å². The standard InChI is InChI=1S/C20H25N5O/c1-20(2,3)26-13-25-9-7-17-15(12-25)11-22-19(24-17)23-16-5-4-14-6-8-21-18(14)10-16/h4-6,8,10-11,21H,7,9,12-13H2,1-3H3,(H,22,23,24). The number of H-pyrrole nitrogens is 1. The van der Waals surface area contributed by atoms with Gasteiger partial charge in [0.15, 0.2) is 0 Å². The molecule has 0 spiro atoms. The molecule has 0 saturated carbocycles. The molecule has 6 heteroatoms. The Hall–Kier alpha value is -2.44. The summed E-state index contributed by atoms with van der Waals surface area (Å²) in [5.74, 6) is 0.647. The van der Waals surface area contributed by atoms with E-state index >= 15 is 0 Å². The highest BCUT2D eigenvalue weighted by Crippen LogP contribution is 2.22. The van der Waals surface area contributed by atoms with Gasteiger partial charge in [-0.15, -0.1) is 0 Å². The summed E-state index contributed by atoms with van der Waals surface area (Å²) in [7, 11) is 0. The molecule has 0 atom stereocenters. The first-order valence-corrected chi connectivity index (χ1v) is 9.02. The summed E-state index contributed by atoms with van der Waals surface area (Å²) in [4.78, 5) is 14.7. The Balaban J connectivity index is 1.44. The molecule has 136 valence electrons. The number of hydrogen-bond acceptors (Lipinski definition) is 5. The average molecular weight is 351 g/mol. The van der Waals surface area contributed by atoms with E-state index in [9.17, 15) is 0 Å². The zero-order chi connectivity index (χ0) is 18.1. The van der Waals surface area contributed by atoms with Crippen LogP contribution in [0.3, 0.4) is 0 Å². The van der Waals surface area contributed by atoms with Gasteiger partial charge in [0.05, 0.1) is 18.0 Å². The lowest BCUT2D eigenvalue weighted by molar-refractivity contribution is -0.0676. The average Bonchev–Trinajstić information content (AvgIpc) is 3.07. The maximum absolute atomic E-state index is 5.88. The van der Waals surface area contributed by atoms with Crippen LogP contribution in [0, 0.1) is 0 Å². The number of anilines is 2. The Morgan fingerprint density at radius 1 is 1.27 bits per heavy atom. The van der Waals surface area contributed by atoms with Crippen LogP contribution in [0.5, 0.6) is 0 Å². The van der Waals surface area contributed by atoms with Gasteiger partial charge in [0.25, 0.3) is 0 Å². The molecule has 0 bridgehead atoms. The van der Waals surface area contributed by atoms with Gasteiger partial charge in [-0.1, -0.05) is 6.07 Å². The molecule has 26 heavy (non-hydrogen) atoms. The second-order valence-electron chi connectivity index (χ2n) is 7.76. The number of ether oxygens (including phenoxy) is 1. The van der Waals surface area contributed by atoms with E-state index in [0.29, 0.717) is 12.7 Å². The molecule has 0 radical (unpaired) electrons. The molecule has 1 aromatic carbocycles. The summed E-state index contributed by atoms with van der Waals surface area (Å²) in [5, 5.41) is 4.51. The third kappa shape index (κ3) is 3.86. The third-order valence-corrected chi connectivity index (χ3v) is 4.50. The molecule has 3 aromatic rings. The van der Waals surface area contributed by atoms with Crippen LogP contribution in [0.25, 0.3) is 10.9 Å². The highest BCUT2D eigenvalue weighted by Gasteiger charge is 2.20. The van der Waals surface area contributed by atoms with Crippen LogP contribution in [-0.2, 0) is 17.7 Å². The summed E-state index contributed by atoms with van der Waals surface area (Å²) >= 11 is 0. The number of hydrogen-bond donors (Lipinski definition) is 2. The van der Waals surface area contributed by atoms with Crippen LogP contribution < -0.4 is 5.32 Å². The highest BCUT2D eigenvalue weighted by atomic mass is 16.5. The van der Waals surface area contributed by atoms with Gasteiger partial charge in [-0.25, -0.2) is 9.97 Å². The molecule has 0 unspecified atom stereocenters. The largest absolute Gasteiger partial charge is 0.361 e. The first-order valence-electron chi connectivity index (χ1n) is 9.02. The Bertz CT molecular complexity index is 912. The molecule has 0 fully saturated rings. The number of fused-ring (bicyclic) bond motifs is 2. The van der Waals surface area contributed by atoms with Gasteiger partial charge in [0.2, 0.25) is 5.95 Å². The number of rotatable bonds is 4. The number of aromatic amines is 1. The topological polar surface area (TPSA) is 66.1 Å². The van der Waals surface area contributed by atoms with Crippen molar-refractivity contribution in [3.63, 3.8) is 0 Å². The molecule has 1 aliphatic heterocycles. The minimum Gasteiger partial charge on any atom is -0.361 e. The third-order valence-electron chi connectivity index (χ3n) is 4.50. The van der Waals surface area contributed by atoms with Crippen LogP contribution in [0.15, 0.2) is 36.7 Å². The van der Waals surface area contributed by atoms with E-state index < -0.39 is 0 Å². The fourth-order valence-corrected chi connectivity index (χ4v) is 3.08. The number of benzene rings is 1. The Morgan fingerprint density at radius 3 is 3.00 bits per heavy atom. The Morgan fingerprint density at radius 2 is 2.15 bits per heavy atom. The van der Waals surface area contributed by atoms with Crippen molar-refractivity contribution < 1.29 is 4.74 Å². The summed E-state index contributed by atoms with van der Waals surface area (Å²) in [6.45, 7) is 8.66. The van der Waals surface area contributed by atoms with E-state index in [2.05, 4.69) is 59.2 Å². The summed E-state index contributed by atoms with van der Waals surface area (Å²) in [6, 6.07) is 8.26. The van der Waals surface area contributed by atoms with Gasteiger partial charge < -0.3 is 15.0 Å². The summed E-state index contributed by atoms with van der Waals surface area (Å²) in [6.07, 6.45) is 4.79. The van der Waals surface area contributed by atoms with Crippen LogP contribution in [0.4, 0.5) is 11.6 Å². The van der Waals surface area contributed by atoms with Crippen molar-refractivity contribution in [1.29, 1.82) is 0 Å². The van der Waals surface area contributed by atoms with Crippen molar-refractivity contribution in [3.05, 3.63) is 47.9 Å². The lowest BCUT2D eigenvalue weighted by Gasteiger charge is -2.30. The molecule has 0 amide bonds. The molecular formula is C20H25N5O. The van der Waals surface area contributed by atoms with E-state index in [4.69, 9.17) is 9.72 Å². The molecular weight excluding hydrogens is 326 g/mol. The van der Waals surface area contributed by atoms with Gasteiger partial charge in [-0.3, -0.25) is 4.90 Å². The van der Waals surface area contributed by atoms with Crippen LogP contribution in [0.2, 0.25) is 0 Å². The number of aromatic nitrogens is 3. The van der Waals surface area contributed by atoms with Gasteiger partial charge in [0, 0.05) is 48.7 Å². The predicted octanol–water partition coefficient (Wildman–Crippen LogP) is 3.83. The number of nitrogens with one attached hydrogen (secondary N) is 2. The molecule has 0 aliphatic carbocycles. The second kappa shape index (κ2) is 6.70. The molecule has 4 rings (SSSR count). The lowest BCUT2D eigenvalue weighted by Crippen LogP contribution is -2.36. The van der Waals surface area contributed by atoms with Crippen molar-refractivity contribution in [2.45, 2.75) is 39.3 Å². The Kier molecular flexibility index (Phi) is 4.38. The van der Waals surface area contributed by atoms with E-state index in [1.807, 2.05) is 18.5 Å². The predicted molar refractivity (Wildman–Crippen MR) is 103 cm³/mol. The fourth-order valence-electron chi connectivity index (χ4n) is 3.08. The van der Waals surface area contributed by atoms with E-state index in [-0.39, 0.29) is 5.60 Å². The van der Waals surface area contributed by atoms with Gasteiger partial charge in [-0.2, -0.15) is 0 Å². The first kappa shape index (κ1) is 17.0. The van der Waals surface area contributed by atoms with E-state index in [1.54, 1.807) is 0 Å². The molecule has 3 heterocycles. The summed E-state index contributed by atoms with van der Waals surface area (Å²) < 4.78 is 5.88. The van der Waals surface area contributed by atoms with Crippen LogP contribution >= 0.6 is 0 Å². The molecule has 2 N–H and O–H groups in total. The Labute approximate surface area is 153 Å². The maximum Gasteiger partial charge on any atom is 0.227 e. The highest BCUT2D eigenvalue weighted by molar-refractivity contribution is 5.83. The molecule has 0 saturated heterocycles. The normalized spacial score (nSPS) is 15.2. The first-order chi connectivity index (χ1) is 12.5. The molecule has 2 aromatic heterocycles. The fraction of sp³-hybridized carbons (Fsp3) is 0.400. The van der Waals surface area contributed by atoms with Crippen molar-refractivity contribution in [1.82, 2.24) is 19.9 Å². The zero-order valence-corrected chi connectivity index (χ0v) is 15.5. The van der Waals surface area contributed by atoms with Gasteiger partial charge >= 0.3 is 0 Å². The SMILES string of the molecule is CC(C)(C)OCN1CCc2nc(Nc3ccc4cc[nH]c4c3)ncc2C1. The monoisotopic (exact) mass is 351 g/mol. The minimum absolute atomic E-state index is 0.120. The minimum atomic E-state index is -0.120. The van der Waals surface area contributed by atoms with Crippen molar-refractivity contribution in [3.8, 4) is 0 Å². The second-order valence-corrected chi connectivity index (χ2v) is 7.76. The molecule has 6 nitrogen and oxygen atoms in total. The van der Waals surface area contributed by atoms with Crippen molar-refractivity contribution in [2.75, 3.05) is 18.6 Å². The van der Waals surface area contributed by atoms with Crippen molar-refractivity contribution >= 4 is 22.5 Å². The lowest BCUT2D eigenvalue weighted by atomic mass is 10.1. The van der Waals surface area contributed by atoms with Crippen LogP contribution in [0.1, 0.15) is 32.0 Å². The smallest absolute Gasteiger partial charge is 0.227 e. The summed E-state index contributed by atoms with van der Waals surface area (Å²) in [5.41, 5.74) is 4.26. The zero-order valence-electron chi connectivity index (χ0n) is 15.5. The quantitative estimate of drug-likeness (QED) is 0.748. The van der Waals surface area contributed by atoms with Crippen molar-refractivity contribution in [2.24, 2.45) is 0 Å². The van der Waals surface area contributed by atoms with E-state index in [1.165, 1.54) is 10.9 Å². The maximum atomic E-state index is 5.88. The molecule has 1 aliphatic rings. The van der Waals surface area contributed by atoms with Crippen LogP contribution in [-0.4, -0.2) is 38.7 Å². The number of nitrogens with zero attached hydrogens (tertiary/aromatic N) is 3. The van der Waals surface area contributed by atoms with Gasteiger partial charge in [0.1, 0.15) is 0 Å². The van der Waals surface area contributed by atoms with E-state index in [0.717, 1.165) is 36.4 Å².